The first kappa shape index (κ1) is 15.9. The third-order valence-electron chi connectivity index (χ3n) is 4.05. The predicted octanol–water partition coefficient (Wildman–Crippen LogP) is 1.69. The van der Waals surface area contributed by atoms with Gasteiger partial charge in [0.1, 0.15) is 5.82 Å². The van der Waals surface area contributed by atoms with E-state index in [4.69, 9.17) is 0 Å². The lowest BCUT2D eigenvalue weighted by molar-refractivity contribution is -0.123. The highest BCUT2D eigenvalue weighted by Gasteiger charge is 2.23. The zero-order chi connectivity index (χ0) is 15.2. The normalized spacial score (nSPS) is 19.7. The Kier molecular flexibility index (Phi) is 5.70. The summed E-state index contributed by atoms with van der Waals surface area (Å²) in [6.07, 6.45) is 1.09. The molecule has 2 unspecified atom stereocenters. The van der Waals surface area contributed by atoms with Gasteiger partial charge in [0.2, 0.25) is 5.91 Å². The van der Waals surface area contributed by atoms with Crippen molar-refractivity contribution in [2.75, 3.05) is 26.2 Å². The summed E-state index contributed by atoms with van der Waals surface area (Å²) in [5.41, 5.74) is 0.912. The summed E-state index contributed by atoms with van der Waals surface area (Å²) in [7, 11) is 0. The summed E-state index contributed by atoms with van der Waals surface area (Å²) in [6, 6.07) is 6.58. The van der Waals surface area contributed by atoms with Crippen molar-refractivity contribution in [1.29, 1.82) is 0 Å². The third-order valence-corrected chi connectivity index (χ3v) is 4.05. The second-order valence-electron chi connectivity index (χ2n) is 5.55. The lowest BCUT2D eigenvalue weighted by Gasteiger charge is -2.27. The minimum absolute atomic E-state index is 0.0144. The van der Waals surface area contributed by atoms with Crippen molar-refractivity contribution in [1.82, 2.24) is 15.5 Å². The molecule has 21 heavy (non-hydrogen) atoms. The molecule has 0 saturated carbocycles. The summed E-state index contributed by atoms with van der Waals surface area (Å²) in [5.74, 6) is -0.247. The number of hydrogen-bond acceptors (Lipinski definition) is 3. The average Bonchev–Trinajstić information content (AvgIpc) is 2.99. The molecule has 1 aliphatic rings. The highest BCUT2D eigenvalue weighted by Crippen LogP contribution is 2.13. The van der Waals surface area contributed by atoms with Gasteiger partial charge in [0.25, 0.3) is 0 Å². The van der Waals surface area contributed by atoms with Crippen LogP contribution in [0.1, 0.15) is 31.9 Å². The Morgan fingerprint density at radius 3 is 2.76 bits per heavy atom. The van der Waals surface area contributed by atoms with Gasteiger partial charge in [-0.15, -0.1) is 0 Å². The molecule has 1 heterocycles. The molecule has 1 fully saturated rings. The van der Waals surface area contributed by atoms with Crippen LogP contribution in [0.4, 0.5) is 4.39 Å². The molecule has 0 aromatic heterocycles. The van der Waals surface area contributed by atoms with E-state index in [0.717, 1.165) is 31.6 Å². The largest absolute Gasteiger partial charge is 0.348 e. The first-order valence-corrected chi connectivity index (χ1v) is 7.59. The van der Waals surface area contributed by atoms with Crippen molar-refractivity contribution in [2.45, 2.75) is 32.4 Å². The summed E-state index contributed by atoms with van der Waals surface area (Å²) in [5, 5.41) is 6.30. The second kappa shape index (κ2) is 7.52. The maximum atomic E-state index is 12.9. The fraction of sp³-hybridized carbons (Fsp3) is 0.562. The van der Waals surface area contributed by atoms with Crippen LogP contribution in [0.5, 0.6) is 0 Å². The minimum atomic E-state index is -0.261. The van der Waals surface area contributed by atoms with E-state index in [1.165, 1.54) is 12.1 Å². The Hall–Kier alpha value is -1.46. The van der Waals surface area contributed by atoms with Gasteiger partial charge in [-0.05, 0) is 44.1 Å². The van der Waals surface area contributed by atoms with Gasteiger partial charge < -0.3 is 10.6 Å². The summed E-state index contributed by atoms with van der Waals surface area (Å²) >= 11 is 0. The highest BCUT2D eigenvalue weighted by atomic mass is 19.1. The molecule has 2 N–H and O–H groups in total. The molecule has 1 amide bonds. The van der Waals surface area contributed by atoms with E-state index < -0.39 is 0 Å². The van der Waals surface area contributed by atoms with Gasteiger partial charge in [-0.25, -0.2) is 4.39 Å². The van der Waals surface area contributed by atoms with Crippen LogP contribution in [-0.2, 0) is 4.79 Å². The molecule has 0 aliphatic carbocycles. The zero-order valence-electron chi connectivity index (χ0n) is 12.7. The number of nitrogens with zero attached hydrogens (tertiary/aromatic N) is 1. The number of hydrogen-bond donors (Lipinski definition) is 2. The summed E-state index contributed by atoms with van der Waals surface area (Å²) in [6.45, 7) is 7.25. The Balaban J connectivity index is 1.86. The number of carbonyl (C=O) groups excluding carboxylic acids is 1. The number of benzene rings is 1. The van der Waals surface area contributed by atoms with Crippen molar-refractivity contribution < 1.29 is 9.18 Å². The number of amides is 1. The van der Waals surface area contributed by atoms with Gasteiger partial charge in [-0.2, -0.15) is 0 Å². The molecule has 1 saturated heterocycles. The molecule has 0 radical (unpaired) electrons. The Labute approximate surface area is 125 Å². The van der Waals surface area contributed by atoms with E-state index in [9.17, 15) is 9.18 Å². The van der Waals surface area contributed by atoms with Crippen LogP contribution in [0.25, 0.3) is 0 Å². The van der Waals surface area contributed by atoms with E-state index in [2.05, 4.69) is 22.5 Å². The molecule has 0 bridgehead atoms. The number of nitrogens with one attached hydrogen (secondary N) is 2. The molecule has 116 valence electrons. The maximum Gasteiger partial charge on any atom is 0.234 e. The van der Waals surface area contributed by atoms with E-state index in [0.29, 0.717) is 12.6 Å². The topological polar surface area (TPSA) is 44.4 Å². The Bertz CT molecular complexity index is 457. The molecule has 2 atom stereocenters. The maximum absolute atomic E-state index is 12.9. The molecule has 2 rings (SSSR count). The Morgan fingerprint density at radius 1 is 1.48 bits per heavy atom. The smallest absolute Gasteiger partial charge is 0.234 e. The van der Waals surface area contributed by atoms with Crippen LogP contribution < -0.4 is 10.6 Å². The summed E-state index contributed by atoms with van der Waals surface area (Å²) in [4.78, 5) is 14.4. The molecule has 5 heteroatoms. The lowest BCUT2D eigenvalue weighted by atomic mass is 10.1. The number of halogens is 1. The van der Waals surface area contributed by atoms with Crippen LogP contribution in [0.3, 0.4) is 0 Å². The number of likely N-dealkylation sites (N-methyl/N-ethyl adjacent to an activating group) is 1. The van der Waals surface area contributed by atoms with Gasteiger partial charge in [-0.1, -0.05) is 19.1 Å². The minimum Gasteiger partial charge on any atom is -0.348 e. The first-order valence-electron chi connectivity index (χ1n) is 7.59. The lowest BCUT2D eigenvalue weighted by Crippen LogP contribution is -2.44. The van der Waals surface area contributed by atoms with Gasteiger partial charge in [-0.3, -0.25) is 9.69 Å². The van der Waals surface area contributed by atoms with Crippen LogP contribution in [0.15, 0.2) is 24.3 Å². The first-order chi connectivity index (χ1) is 10.1. The molecular weight excluding hydrogens is 269 g/mol. The van der Waals surface area contributed by atoms with Gasteiger partial charge in [0.05, 0.1) is 12.6 Å². The predicted molar refractivity (Wildman–Crippen MR) is 81.5 cm³/mol. The average molecular weight is 293 g/mol. The van der Waals surface area contributed by atoms with Crippen molar-refractivity contribution in [3.8, 4) is 0 Å². The van der Waals surface area contributed by atoms with Gasteiger partial charge in [0, 0.05) is 12.6 Å². The van der Waals surface area contributed by atoms with Crippen LogP contribution in [-0.4, -0.2) is 43.0 Å². The molecular formula is C16H24FN3O. The quantitative estimate of drug-likeness (QED) is 0.839. The van der Waals surface area contributed by atoms with Crippen molar-refractivity contribution >= 4 is 5.91 Å². The van der Waals surface area contributed by atoms with E-state index in [-0.39, 0.29) is 17.8 Å². The van der Waals surface area contributed by atoms with Crippen LogP contribution in [0, 0.1) is 5.82 Å². The van der Waals surface area contributed by atoms with Gasteiger partial charge >= 0.3 is 0 Å². The monoisotopic (exact) mass is 293 g/mol. The standard InChI is InChI=1S/C16H24FN3O/c1-3-20(15-8-9-18-10-15)11-16(21)19-12(2)13-4-6-14(17)7-5-13/h4-7,12,15,18H,3,8-11H2,1-2H3,(H,19,21). The number of carbonyl (C=O) groups is 1. The fourth-order valence-corrected chi connectivity index (χ4v) is 2.76. The highest BCUT2D eigenvalue weighted by molar-refractivity contribution is 5.78. The van der Waals surface area contributed by atoms with E-state index >= 15 is 0 Å². The molecule has 1 aromatic rings. The van der Waals surface area contributed by atoms with Gasteiger partial charge in [0.15, 0.2) is 0 Å². The van der Waals surface area contributed by atoms with Crippen molar-refractivity contribution in [3.05, 3.63) is 35.6 Å². The van der Waals surface area contributed by atoms with Crippen molar-refractivity contribution in [3.63, 3.8) is 0 Å². The second-order valence-corrected chi connectivity index (χ2v) is 5.55. The third kappa shape index (κ3) is 4.51. The molecule has 1 aromatic carbocycles. The Morgan fingerprint density at radius 2 is 2.19 bits per heavy atom. The zero-order valence-corrected chi connectivity index (χ0v) is 12.7. The molecule has 4 nitrogen and oxygen atoms in total. The number of rotatable bonds is 6. The molecule has 0 spiro atoms. The van der Waals surface area contributed by atoms with E-state index in [1.54, 1.807) is 12.1 Å². The summed E-state index contributed by atoms with van der Waals surface area (Å²) < 4.78 is 12.9. The van der Waals surface area contributed by atoms with E-state index in [1.807, 2.05) is 6.92 Å². The molecule has 1 aliphatic heterocycles. The fourth-order valence-electron chi connectivity index (χ4n) is 2.76. The van der Waals surface area contributed by atoms with Crippen LogP contribution in [0.2, 0.25) is 0 Å². The van der Waals surface area contributed by atoms with Crippen LogP contribution >= 0.6 is 0 Å². The SMILES string of the molecule is CCN(CC(=O)NC(C)c1ccc(F)cc1)C1CCNC1. The van der Waals surface area contributed by atoms with Crippen molar-refractivity contribution in [2.24, 2.45) is 0 Å².